The van der Waals surface area contributed by atoms with Crippen LogP contribution < -0.4 is 0 Å². The maximum atomic E-state index is 8.52. The molecule has 0 amide bonds. The maximum Gasteiger partial charge on any atom is 2.00 e. The molecular formula is HClCuO4S. The monoisotopic (exact) mass is 195 g/mol. The first-order valence-electron chi connectivity index (χ1n) is 0.667. The molecule has 0 saturated heterocycles. The molecule has 0 aromatic rings. The Morgan fingerprint density at radius 1 is 1.14 bits per heavy atom. The van der Waals surface area contributed by atoms with E-state index in [9.17, 15) is 0 Å². The van der Waals surface area contributed by atoms with Crippen molar-refractivity contribution in [3.8, 4) is 0 Å². The van der Waals surface area contributed by atoms with Gasteiger partial charge in [0.1, 0.15) is 0 Å². The van der Waals surface area contributed by atoms with Gasteiger partial charge in [0.05, 0.1) is 0 Å². The first-order valence-corrected chi connectivity index (χ1v) is 2.00. The maximum absolute atomic E-state index is 8.52. The van der Waals surface area contributed by atoms with E-state index in [1.54, 1.807) is 0 Å². The minimum atomic E-state index is -5.17. The van der Waals surface area contributed by atoms with E-state index >= 15 is 0 Å². The van der Waals surface area contributed by atoms with Gasteiger partial charge in [0.25, 0.3) is 0 Å². The Balaban J connectivity index is -0.0000000800. The third kappa shape index (κ3) is 317. The van der Waals surface area contributed by atoms with Crippen molar-refractivity contribution in [1.29, 1.82) is 0 Å². The van der Waals surface area contributed by atoms with E-state index < -0.39 is 10.4 Å². The summed E-state index contributed by atoms with van der Waals surface area (Å²) in [5.41, 5.74) is 0. The van der Waals surface area contributed by atoms with Crippen molar-refractivity contribution < 1.29 is 34.6 Å². The number of rotatable bonds is 0. The summed E-state index contributed by atoms with van der Waals surface area (Å²) >= 11 is 0. The molecule has 0 heterocycles. The molecule has 0 aliphatic heterocycles. The molecule has 0 unspecified atom stereocenters. The summed E-state index contributed by atoms with van der Waals surface area (Å²) in [5, 5.41) is 0. The Labute approximate surface area is 57.8 Å². The van der Waals surface area contributed by atoms with E-state index in [1.165, 1.54) is 0 Å². The summed E-state index contributed by atoms with van der Waals surface area (Å²) in [6.45, 7) is 0. The van der Waals surface area contributed by atoms with E-state index in [1.807, 2.05) is 0 Å². The van der Waals surface area contributed by atoms with Gasteiger partial charge in [0.2, 0.25) is 0 Å². The quantitative estimate of drug-likeness (QED) is 0.285. The zero-order valence-corrected chi connectivity index (χ0v) is 5.33. The second kappa shape index (κ2) is 4.83. The molecule has 0 spiro atoms. The molecule has 0 bridgehead atoms. The Morgan fingerprint density at radius 2 is 1.14 bits per heavy atom. The second-order valence-corrected chi connectivity index (χ2v) is 1.22. The summed E-state index contributed by atoms with van der Waals surface area (Å²) in [5.74, 6) is 0. The smallest absolute Gasteiger partial charge is 0.759 e. The van der Waals surface area contributed by atoms with E-state index in [-0.39, 0.29) is 29.5 Å². The predicted octanol–water partition coefficient (Wildman–Crippen LogP) is -0.919. The van der Waals surface area contributed by atoms with Crippen LogP contribution in [0.1, 0.15) is 0 Å². The average molecular weight is 196 g/mol. The van der Waals surface area contributed by atoms with Crippen molar-refractivity contribution in [2.45, 2.75) is 0 Å². The normalized spacial score (nSPS) is 8.29. The van der Waals surface area contributed by atoms with E-state index in [2.05, 4.69) is 0 Å². The van der Waals surface area contributed by atoms with Gasteiger partial charge >= 0.3 is 17.1 Å². The van der Waals surface area contributed by atoms with Crippen LogP contribution in [0.5, 0.6) is 0 Å². The topological polar surface area (TPSA) is 80.3 Å². The van der Waals surface area contributed by atoms with Gasteiger partial charge in [0.15, 0.2) is 0 Å². The molecular weight excluding hydrogens is 195 g/mol. The van der Waals surface area contributed by atoms with Gasteiger partial charge in [-0.1, -0.05) is 0 Å². The molecule has 0 saturated carbocycles. The van der Waals surface area contributed by atoms with Gasteiger partial charge in [-0.3, -0.25) is 8.42 Å². The van der Waals surface area contributed by atoms with Crippen LogP contribution in [-0.2, 0) is 27.5 Å². The minimum Gasteiger partial charge on any atom is -0.759 e. The number of halogens is 1. The van der Waals surface area contributed by atoms with Crippen LogP contribution in [-0.4, -0.2) is 17.5 Å². The van der Waals surface area contributed by atoms with Crippen LogP contribution in [0.2, 0.25) is 0 Å². The average Bonchev–Trinajstić information content (AvgIpc) is 0.722. The molecule has 4 nitrogen and oxygen atoms in total. The summed E-state index contributed by atoms with van der Waals surface area (Å²) in [4.78, 5) is 0. The van der Waals surface area contributed by atoms with Crippen molar-refractivity contribution in [1.82, 2.24) is 0 Å². The predicted molar refractivity (Wildman–Crippen MR) is 17.7 cm³/mol. The molecule has 49 valence electrons. The van der Waals surface area contributed by atoms with E-state index in [0.29, 0.717) is 0 Å². The fourth-order valence-corrected chi connectivity index (χ4v) is 0. The summed E-state index contributed by atoms with van der Waals surface area (Å²) in [6.07, 6.45) is 0. The molecule has 0 aliphatic carbocycles. The first-order chi connectivity index (χ1) is 2.00. The molecule has 0 atom stereocenters. The molecule has 0 aliphatic rings. The van der Waals surface area contributed by atoms with Crippen LogP contribution >= 0.6 is 12.4 Å². The Morgan fingerprint density at radius 3 is 1.14 bits per heavy atom. The Hall–Kier alpha value is 0.679. The largest absolute Gasteiger partial charge is 2.00 e. The van der Waals surface area contributed by atoms with Crippen molar-refractivity contribution in [2.75, 3.05) is 0 Å². The van der Waals surface area contributed by atoms with Gasteiger partial charge in [-0.25, -0.2) is 0 Å². The molecule has 0 aromatic carbocycles. The van der Waals surface area contributed by atoms with Gasteiger partial charge in [-0.05, 0) is 0 Å². The van der Waals surface area contributed by atoms with Gasteiger partial charge in [0, 0.05) is 10.4 Å². The number of hydrogen-bond acceptors (Lipinski definition) is 4. The molecule has 1 radical (unpaired) electrons. The standard InChI is InChI=1S/ClH.Cu.H2O4S/c;;1-5(2,3)4/h1H;;(H2,1,2,3,4)/q;+2;/p-2. The van der Waals surface area contributed by atoms with Gasteiger partial charge in [-0.2, -0.15) is 0 Å². The molecule has 0 aromatic heterocycles. The fourth-order valence-electron chi connectivity index (χ4n) is 0. The summed E-state index contributed by atoms with van der Waals surface area (Å²) in [6, 6.07) is 0. The zero-order valence-electron chi connectivity index (χ0n) is 2.75. The van der Waals surface area contributed by atoms with Crippen LogP contribution in [0.3, 0.4) is 0 Å². The third-order valence-corrected chi connectivity index (χ3v) is 0. The van der Waals surface area contributed by atoms with Crippen molar-refractivity contribution in [3.63, 3.8) is 0 Å². The van der Waals surface area contributed by atoms with Gasteiger partial charge < -0.3 is 9.11 Å². The number of hydrogen-bond donors (Lipinski definition) is 0. The van der Waals surface area contributed by atoms with Crippen molar-refractivity contribution >= 4 is 22.8 Å². The Kier molecular flexibility index (Phi) is 10.8. The summed E-state index contributed by atoms with van der Waals surface area (Å²) < 4.78 is 34.1. The van der Waals surface area contributed by atoms with Crippen LogP contribution in [0.15, 0.2) is 0 Å². The van der Waals surface area contributed by atoms with Crippen LogP contribution in [0, 0.1) is 0 Å². The third-order valence-electron chi connectivity index (χ3n) is 0. The van der Waals surface area contributed by atoms with Crippen molar-refractivity contribution in [2.24, 2.45) is 0 Å². The van der Waals surface area contributed by atoms with Crippen LogP contribution in [0.4, 0.5) is 0 Å². The Bertz CT molecular complexity index is 94.9. The zero-order chi connectivity index (χ0) is 4.50. The summed E-state index contributed by atoms with van der Waals surface area (Å²) in [7, 11) is -5.17. The van der Waals surface area contributed by atoms with Crippen LogP contribution in [0.25, 0.3) is 0 Å². The second-order valence-electron chi connectivity index (χ2n) is 0.408. The SMILES string of the molecule is Cl.O=S(=O)([O-])[O-].[Cu+2]. The molecule has 0 fully saturated rings. The van der Waals surface area contributed by atoms with Crippen molar-refractivity contribution in [3.05, 3.63) is 0 Å². The van der Waals surface area contributed by atoms with E-state index in [0.717, 1.165) is 0 Å². The van der Waals surface area contributed by atoms with Gasteiger partial charge in [-0.15, -0.1) is 12.4 Å². The molecule has 0 rings (SSSR count). The minimum absolute atomic E-state index is 0. The van der Waals surface area contributed by atoms with E-state index in [4.69, 9.17) is 17.5 Å². The molecule has 0 N–H and O–H groups in total. The first kappa shape index (κ1) is 15.6. The molecule has 7 heteroatoms. The molecule has 7 heavy (non-hydrogen) atoms. The fraction of sp³-hybridized carbons (Fsp3) is 0.